The summed E-state index contributed by atoms with van der Waals surface area (Å²) < 4.78 is 10.1. The molecule has 0 aliphatic heterocycles. The van der Waals surface area contributed by atoms with E-state index in [-0.39, 0.29) is 19.1 Å². The highest BCUT2D eigenvalue weighted by Crippen LogP contribution is 2.19. The lowest BCUT2D eigenvalue weighted by molar-refractivity contribution is -0.123. The molecule has 1 amide bonds. The van der Waals surface area contributed by atoms with Crippen molar-refractivity contribution in [2.75, 3.05) is 32.6 Å². The third kappa shape index (κ3) is 6.08. The second-order valence-corrected chi connectivity index (χ2v) is 4.07. The van der Waals surface area contributed by atoms with Gasteiger partial charge in [0.15, 0.2) is 6.61 Å². The first-order chi connectivity index (χ1) is 9.13. The molecule has 1 atom stereocenters. The Morgan fingerprint density at radius 3 is 2.89 bits per heavy atom. The Bertz CT molecular complexity index is 398. The zero-order valence-electron chi connectivity index (χ0n) is 11.0. The summed E-state index contributed by atoms with van der Waals surface area (Å²) in [5.74, 6) is 0.227. The van der Waals surface area contributed by atoms with E-state index in [9.17, 15) is 9.90 Å². The van der Waals surface area contributed by atoms with E-state index in [2.05, 4.69) is 5.32 Å². The summed E-state index contributed by atoms with van der Waals surface area (Å²) in [5, 5.41) is 12.0. The lowest BCUT2D eigenvalue weighted by Gasteiger charge is -2.11. The minimum absolute atomic E-state index is 0.103. The van der Waals surface area contributed by atoms with Gasteiger partial charge in [-0.1, -0.05) is 12.1 Å². The van der Waals surface area contributed by atoms with Gasteiger partial charge in [0.05, 0.1) is 18.4 Å². The van der Waals surface area contributed by atoms with E-state index in [4.69, 9.17) is 15.2 Å². The largest absolute Gasteiger partial charge is 0.482 e. The molecular formula is C13H20N2O4. The first-order valence-corrected chi connectivity index (χ1v) is 6.04. The highest BCUT2D eigenvalue weighted by molar-refractivity contribution is 5.77. The van der Waals surface area contributed by atoms with Crippen LogP contribution in [0.5, 0.6) is 5.75 Å². The number of methoxy groups -OCH3 is 1. The van der Waals surface area contributed by atoms with Crippen molar-refractivity contribution >= 4 is 11.6 Å². The Kier molecular flexibility index (Phi) is 6.70. The maximum atomic E-state index is 11.5. The number of nitrogens with two attached hydrogens (primary N) is 1. The van der Waals surface area contributed by atoms with Crippen LogP contribution in [0.1, 0.15) is 6.42 Å². The summed E-state index contributed by atoms with van der Waals surface area (Å²) in [6.07, 6.45) is -0.136. The van der Waals surface area contributed by atoms with Crippen molar-refractivity contribution in [1.82, 2.24) is 5.32 Å². The van der Waals surface area contributed by atoms with E-state index in [1.54, 1.807) is 24.3 Å². The van der Waals surface area contributed by atoms with E-state index in [1.165, 1.54) is 7.11 Å². The third-order valence-electron chi connectivity index (χ3n) is 2.44. The molecule has 19 heavy (non-hydrogen) atoms. The first kappa shape index (κ1) is 15.3. The number of anilines is 1. The number of hydrogen-bond donors (Lipinski definition) is 3. The Morgan fingerprint density at radius 1 is 1.47 bits per heavy atom. The van der Waals surface area contributed by atoms with Gasteiger partial charge < -0.3 is 25.6 Å². The molecule has 0 heterocycles. The van der Waals surface area contributed by atoms with Crippen molar-refractivity contribution < 1.29 is 19.4 Å². The van der Waals surface area contributed by atoms with E-state index < -0.39 is 6.10 Å². The number of benzene rings is 1. The summed E-state index contributed by atoms with van der Waals surface area (Å²) in [6, 6.07) is 6.98. The Labute approximate surface area is 112 Å². The number of aliphatic hydroxyl groups is 1. The number of carbonyl (C=O) groups is 1. The maximum absolute atomic E-state index is 11.5. The van der Waals surface area contributed by atoms with E-state index in [0.717, 1.165) is 0 Å². The molecule has 6 nitrogen and oxygen atoms in total. The number of nitrogens with one attached hydrogen (secondary N) is 1. The molecule has 0 bridgehead atoms. The summed E-state index contributed by atoms with van der Waals surface area (Å²) in [7, 11) is 1.51. The van der Waals surface area contributed by atoms with Gasteiger partial charge in [-0.05, 0) is 18.6 Å². The number of hydrogen-bond acceptors (Lipinski definition) is 5. The summed E-state index contributed by atoms with van der Waals surface area (Å²) in [6.45, 7) is 0.526. The van der Waals surface area contributed by atoms with Gasteiger partial charge in [0.2, 0.25) is 0 Å². The standard InChI is InChI=1S/C13H20N2O4/c1-18-8-10(16)6-7-15-13(17)9-19-12-5-3-2-4-11(12)14/h2-5,10,16H,6-9,14H2,1H3,(H,15,17). The molecule has 4 N–H and O–H groups in total. The van der Waals surface area contributed by atoms with Crippen LogP contribution in [0.2, 0.25) is 0 Å². The van der Waals surface area contributed by atoms with Gasteiger partial charge in [0, 0.05) is 13.7 Å². The highest BCUT2D eigenvalue weighted by Gasteiger charge is 2.06. The van der Waals surface area contributed by atoms with E-state index in [1.807, 2.05) is 0 Å². The topological polar surface area (TPSA) is 93.8 Å². The van der Waals surface area contributed by atoms with Crippen molar-refractivity contribution in [3.8, 4) is 5.75 Å². The molecule has 0 saturated carbocycles. The van der Waals surface area contributed by atoms with Crippen LogP contribution in [0.25, 0.3) is 0 Å². The summed E-state index contributed by atoms with van der Waals surface area (Å²) in [4.78, 5) is 11.5. The minimum atomic E-state index is -0.573. The van der Waals surface area contributed by atoms with Crippen LogP contribution >= 0.6 is 0 Å². The molecule has 0 fully saturated rings. The predicted molar refractivity (Wildman–Crippen MR) is 71.9 cm³/mol. The molecule has 0 saturated heterocycles. The SMILES string of the molecule is COCC(O)CCNC(=O)COc1ccccc1N. The molecule has 1 unspecified atom stereocenters. The second-order valence-electron chi connectivity index (χ2n) is 4.07. The number of rotatable bonds is 8. The molecule has 1 aromatic carbocycles. The minimum Gasteiger partial charge on any atom is -0.482 e. The maximum Gasteiger partial charge on any atom is 0.257 e. The number of nitrogen functional groups attached to an aromatic ring is 1. The molecule has 6 heteroatoms. The van der Waals surface area contributed by atoms with Gasteiger partial charge in [-0.2, -0.15) is 0 Å². The van der Waals surface area contributed by atoms with Gasteiger partial charge in [-0.15, -0.1) is 0 Å². The predicted octanol–water partition coefficient (Wildman–Crippen LogP) is 0.161. The van der Waals surface area contributed by atoms with Crippen LogP contribution in [-0.4, -0.2) is 44.0 Å². The molecule has 1 rings (SSSR count). The molecule has 0 aromatic heterocycles. The Morgan fingerprint density at radius 2 is 2.21 bits per heavy atom. The monoisotopic (exact) mass is 268 g/mol. The molecule has 0 spiro atoms. The fourth-order valence-electron chi connectivity index (χ4n) is 1.46. The van der Waals surface area contributed by atoms with Crippen molar-refractivity contribution in [1.29, 1.82) is 0 Å². The third-order valence-corrected chi connectivity index (χ3v) is 2.44. The molecule has 0 aliphatic carbocycles. The number of aliphatic hydroxyl groups excluding tert-OH is 1. The fourth-order valence-corrected chi connectivity index (χ4v) is 1.46. The Hall–Kier alpha value is -1.79. The van der Waals surface area contributed by atoms with Crippen LogP contribution < -0.4 is 15.8 Å². The lowest BCUT2D eigenvalue weighted by atomic mass is 10.2. The Balaban J connectivity index is 2.20. The molecule has 1 aromatic rings. The van der Waals surface area contributed by atoms with Crippen molar-refractivity contribution in [3.05, 3.63) is 24.3 Å². The highest BCUT2D eigenvalue weighted by atomic mass is 16.5. The number of para-hydroxylation sites is 2. The van der Waals surface area contributed by atoms with E-state index >= 15 is 0 Å². The van der Waals surface area contributed by atoms with Crippen LogP contribution in [-0.2, 0) is 9.53 Å². The zero-order chi connectivity index (χ0) is 14.1. The van der Waals surface area contributed by atoms with Crippen LogP contribution in [0.15, 0.2) is 24.3 Å². The number of amides is 1. The van der Waals surface area contributed by atoms with Gasteiger partial charge in [0.1, 0.15) is 5.75 Å². The second kappa shape index (κ2) is 8.34. The molecule has 0 radical (unpaired) electrons. The van der Waals surface area contributed by atoms with E-state index in [0.29, 0.717) is 24.4 Å². The average Bonchev–Trinajstić information content (AvgIpc) is 2.38. The summed E-state index contributed by atoms with van der Waals surface area (Å²) >= 11 is 0. The van der Waals surface area contributed by atoms with Crippen molar-refractivity contribution in [2.24, 2.45) is 0 Å². The van der Waals surface area contributed by atoms with Crippen LogP contribution in [0.4, 0.5) is 5.69 Å². The van der Waals surface area contributed by atoms with Crippen LogP contribution in [0.3, 0.4) is 0 Å². The van der Waals surface area contributed by atoms with Crippen molar-refractivity contribution in [2.45, 2.75) is 12.5 Å². The van der Waals surface area contributed by atoms with Gasteiger partial charge in [0.25, 0.3) is 5.91 Å². The molecule has 106 valence electrons. The number of carbonyl (C=O) groups excluding carboxylic acids is 1. The van der Waals surface area contributed by atoms with Gasteiger partial charge >= 0.3 is 0 Å². The smallest absolute Gasteiger partial charge is 0.257 e. The van der Waals surface area contributed by atoms with Crippen molar-refractivity contribution in [3.63, 3.8) is 0 Å². The first-order valence-electron chi connectivity index (χ1n) is 6.04. The quantitative estimate of drug-likeness (QED) is 0.584. The fraction of sp³-hybridized carbons (Fsp3) is 0.462. The molecule has 0 aliphatic rings. The van der Waals surface area contributed by atoms with Gasteiger partial charge in [-0.25, -0.2) is 0 Å². The molecular weight excluding hydrogens is 248 g/mol. The van der Waals surface area contributed by atoms with Crippen LogP contribution in [0, 0.1) is 0 Å². The van der Waals surface area contributed by atoms with Gasteiger partial charge in [-0.3, -0.25) is 4.79 Å². The summed E-state index contributed by atoms with van der Waals surface area (Å²) in [5.41, 5.74) is 6.17. The average molecular weight is 268 g/mol. The number of ether oxygens (including phenoxy) is 2. The lowest BCUT2D eigenvalue weighted by Crippen LogP contribution is -2.32. The normalized spacial score (nSPS) is 11.9. The zero-order valence-corrected chi connectivity index (χ0v) is 11.0.